The molecule has 1 aliphatic rings. The van der Waals surface area contributed by atoms with Gasteiger partial charge in [-0.15, -0.1) is 0 Å². The zero-order valence-electron chi connectivity index (χ0n) is 15.5. The van der Waals surface area contributed by atoms with Crippen molar-refractivity contribution in [2.24, 2.45) is 0 Å². The molecule has 7 heteroatoms. The van der Waals surface area contributed by atoms with Crippen LogP contribution in [0.4, 0.5) is 10.1 Å². The third-order valence-electron chi connectivity index (χ3n) is 4.42. The zero-order chi connectivity index (χ0) is 20.3. The van der Waals surface area contributed by atoms with Crippen molar-refractivity contribution in [3.05, 3.63) is 64.0 Å². The van der Waals surface area contributed by atoms with Crippen LogP contribution < -0.4 is 10.1 Å². The van der Waals surface area contributed by atoms with Gasteiger partial charge in [0, 0.05) is 19.2 Å². The molecule has 2 aromatic carbocycles. The molecule has 1 atom stereocenters. The van der Waals surface area contributed by atoms with Crippen LogP contribution in [-0.4, -0.2) is 23.3 Å². The molecule has 0 spiro atoms. The summed E-state index contributed by atoms with van der Waals surface area (Å²) < 4.78 is 19.8. The van der Waals surface area contributed by atoms with Gasteiger partial charge in [0.25, 0.3) is 0 Å². The van der Waals surface area contributed by atoms with Crippen LogP contribution in [0.3, 0.4) is 0 Å². The maximum absolute atomic E-state index is 13.8. The highest BCUT2D eigenvalue weighted by molar-refractivity contribution is 9.10. The molecule has 0 radical (unpaired) electrons. The number of hydrogen-bond acceptors (Lipinski definition) is 3. The molecule has 0 aliphatic carbocycles. The fraction of sp³-hybridized carbons (Fsp3) is 0.238. The van der Waals surface area contributed by atoms with Gasteiger partial charge in [-0.05, 0) is 46.1 Å². The molecule has 2 amide bonds. The quantitative estimate of drug-likeness (QED) is 0.710. The van der Waals surface area contributed by atoms with Gasteiger partial charge >= 0.3 is 0 Å². The van der Waals surface area contributed by atoms with Crippen LogP contribution in [0.2, 0.25) is 0 Å². The number of halogens is 2. The first kappa shape index (κ1) is 20.1. The number of rotatable bonds is 5. The molecule has 1 unspecified atom stereocenters. The van der Waals surface area contributed by atoms with Crippen molar-refractivity contribution in [1.82, 2.24) is 4.90 Å². The largest absolute Gasteiger partial charge is 0.491 e. The second-order valence-corrected chi connectivity index (χ2v) is 7.19. The summed E-state index contributed by atoms with van der Waals surface area (Å²) in [4.78, 5) is 26.4. The maximum Gasteiger partial charge on any atom is 0.226 e. The van der Waals surface area contributed by atoms with Gasteiger partial charge in [0.15, 0.2) is 5.75 Å². The van der Waals surface area contributed by atoms with Crippen molar-refractivity contribution in [2.45, 2.75) is 26.3 Å². The van der Waals surface area contributed by atoms with Crippen molar-refractivity contribution in [3.8, 4) is 5.75 Å². The Labute approximate surface area is 171 Å². The molecule has 0 aromatic heterocycles. The zero-order valence-corrected chi connectivity index (χ0v) is 17.1. The predicted molar refractivity (Wildman–Crippen MR) is 109 cm³/mol. The Bertz CT molecular complexity index is 945. The number of ether oxygens (including phenoxy) is 1. The van der Waals surface area contributed by atoms with E-state index >= 15 is 0 Å². The number of amides is 2. The minimum absolute atomic E-state index is 0.0284. The van der Waals surface area contributed by atoms with Gasteiger partial charge in [-0.2, -0.15) is 0 Å². The van der Waals surface area contributed by atoms with Crippen LogP contribution in [0.5, 0.6) is 5.75 Å². The van der Waals surface area contributed by atoms with E-state index in [9.17, 15) is 14.0 Å². The van der Waals surface area contributed by atoms with E-state index in [0.717, 1.165) is 11.1 Å². The van der Waals surface area contributed by atoms with Crippen LogP contribution in [-0.2, 0) is 9.59 Å². The third kappa shape index (κ3) is 4.25. The number of hydrogen-bond donors (Lipinski definition) is 1. The summed E-state index contributed by atoms with van der Waals surface area (Å²) in [5.41, 5.74) is 2.09. The van der Waals surface area contributed by atoms with Gasteiger partial charge in [-0.1, -0.05) is 24.3 Å². The van der Waals surface area contributed by atoms with Crippen LogP contribution in [0.15, 0.2) is 47.1 Å². The lowest BCUT2D eigenvalue weighted by atomic mass is 9.93. The Morgan fingerprint density at radius 3 is 2.75 bits per heavy atom. The highest BCUT2D eigenvalue weighted by atomic mass is 79.9. The number of anilines is 1. The lowest BCUT2D eigenvalue weighted by molar-refractivity contribution is -0.129. The van der Waals surface area contributed by atoms with Crippen LogP contribution >= 0.6 is 15.9 Å². The summed E-state index contributed by atoms with van der Waals surface area (Å²) >= 11 is 3.26. The monoisotopic (exact) mass is 446 g/mol. The molecule has 0 saturated heterocycles. The second-order valence-electron chi connectivity index (χ2n) is 6.34. The van der Waals surface area contributed by atoms with E-state index < -0.39 is 11.9 Å². The highest BCUT2D eigenvalue weighted by Crippen LogP contribution is 2.36. The number of fused-ring (bicyclic) bond motifs is 1. The molecular formula is C21H20BrFN2O3. The van der Waals surface area contributed by atoms with Crippen molar-refractivity contribution in [1.29, 1.82) is 0 Å². The van der Waals surface area contributed by atoms with Crippen molar-refractivity contribution >= 4 is 39.5 Å². The number of carbonyl (C=O) groups is 2. The summed E-state index contributed by atoms with van der Waals surface area (Å²) in [6, 6.07) is 9.67. The molecular weight excluding hydrogens is 427 g/mol. The van der Waals surface area contributed by atoms with E-state index in [1.807, 2.05) is 30.3 Å². The van der Waals surface area contributed by atoms with Crippen LogP contribution in [0.25, 0.3) is 6.08 Å². The van der Waals surface area contributed by atoms with Crippen molar-refractivity contribution in [2.75, 3.05) is 11.9 Å². The number of nitrogens with one attached hydrogen (secondary N) is 1. The first-order chi connectivity index (χ1) is 13.4. The summed E-state index contributed by atoms with van der Waals surface area (Å²) in [6.07, 6.45) is 3.57. The number of nitrogens with zero attached hydrogens (tertiary/aromatic N) is 1. The summed E-state index contributed by atoms with van der Waals surface area (Å²) in [6.45, 7) is 3.63. The van der Waals surface area contributed by atoms with E-state index in [1.54, 1.807) is 13.1 Å². The molecule has 1 N–H and O–H groups in total. The average Bonchev–Trinajstić information content (AvgIpc) is 2.64. The summed E-state index contributed by atoms with van der Waals surface area (Å²) in [7, 11) is 0. The average molecular weight is 447 g/mol. The van der Waals surface area contributed by atoms with E-state index in [1.165, 1.54) is 24.0 Å². The fourth-order valence-electron chi connectivity index (χ4n) is 3.23. The number of benzene rings is 2. The molecule has 0 bridgehead atoms. The molecule has 2 aromatic rings. The van der Waals surface area contributed by atoms with E-state index in [-0.39, 0.29) is 23.9 Å². The van der Waals surface area contributed by atoms with Gasteiger partial charge in [-0.25, -0.2) is 4.39 Å². The third-order valence-corrected chi connectivity index (χ3v) is 5.01. The summed E-state index contributed by atoms with van der Waals surface area (Å²) in [5, 5.41) is 2.72. The van der Waals surface area contributed by atoms with Gasteiger partial charge in [0.1, 0.15) is 5.82 Å². The van der Waals surface area contributed by atoms with Gasteiger partial charge < -0.3 is 15.0 Å². The molecule has 3 rings (SSSR count). The van der Waals surface area contributed by atoms with Crippen LogP contribution in [0, 0.1) is 5.82 Å². The van der Waals surface area contributed by atoms with Gasteiger partial charge in [0.2, 0.25) is 11.8 Å². The van der Waals surface area contributed by atoms with E-state index in [4.69, 9.17) is 4.74 Å². The normalized spacial score (nSPS) is 15.1. The molecule has 146 valence electrons. The Hall–Kier alpha value is -2.67. The first-order valence-corrected chi connectivity index (χ1v) is 9.67. The van der Waals surface area contributed by atoms with Gasteiger partial charge in [-0.3, -0.25) is 9.59 Å². The first-order valence-electron chi connectivity index (χ1n) is 8.88. The fourth-order valence-corrected chi connectivity index (χ4v) is 3.78. The van der Waals surface area contributed by atoms with Crippen molar-refractivity contribution < 1.29 is 18.7 Å². The Balaban J connectivity index is 1.86. The van der Waals surface area contributed by atoms with E-state index in [0.29, 0.717) is 16.8 Å². The van der Waals surface area contributed by atoms with Gasteiger partial charge in [0.05, 0.1) is 29.2 Å². The van der Waals surface area contributed by atoms with Crippen molar-refractivity contribution in [3.63, 3.8) is 0 Å². The molecule has 0 saturated carbocycles. The molecule has 28 heavy (non-hydrogen) atoms. The molecule has 1 heterocycles. The topological polar surface area (TPSA) is 58.6 Å². The van der Waals surface area contributed by atoms with Crippen LogP contribution in [0.1, 0.15) is 37.4 Å². The molecule has 5 nitrogen and oxygen atoms in total. The Morgan fingerprint density at radius 1 is 1.29 bits per heavy atom. The Kier molecular flexibility index (Phi) is 6.14. The molecule has 0 fully saturated rings. The van der Waals surface area contributed by atoms with E-state index in [2.05, 4.69) is 21.2 Å². The standard InChI is InChI=1S/C21H20BrFN2O3/c1-3-28-21-17(22)10-15(23)11-18(21)24-20(27)12-19-16-7-5-4-6-14(16)8-9-25(19)13(2)26/h4-11,19H,3,12H2,1-2H3,(H,24,27). The minimum Gasteiger partial charge on any atom is -0.491 e. The maximum atomic E-state index is 13.8. The lowest BCUT2D eigenvalue weighted by Gasteiger charge is -2.32. The highest BCUT2D eigenvalue weighted by Gasteiger charge is 2.28. The Morgan fingerprint density at radius 2 is 2.04 bits per heavy atom. The predicted octanol–water partition coefficient (Wildman–Crippen LogP) is 4.89. The SMILES string of the molecule is CCOc1c(Br)cc(F)cc1NC(=O)CC1c2ccccc2C=CN1C(C)=O. The number of carbonyl (C=O) groups excluding carboxylic acids is 2. The lowest BCUT2D eigenvalue weighted by Crippen LogP contribution is -2.33. The summed E-state index contributed by atoms with van der Waals surface area (Å²) in [5.74, 6) is -0.640. The molecule has 1 aliphatic heterocycles. The minimum atomic E-state index is -0.498. The smallest absolute Gasteiger partial charge is 0.226 e. The second kappa shape index (κ2) is 8.56.